The molecule has 0 saturated carbocycles. The zero-order valence-electron chi connectivity index (χ0n) is 10.6. The highest BCUT2D eigenvalue weighted by Gasteiger charge is 2.20. The molecular formula is C14H17ClFN3. The summed E-state index contributed by atoms with van der Waals surface area (Å²) in [5, 5.41) is 0.596. The van der Waals surface area contributed by atoms with Crippen molar-refractivity contribution in [1.82, 2.24) is 9.88 Å². The molecule has 0 aliphatic carbocycles. The average Bonchev–Trinajstić information content (AvgIpc) is 2.79. The molecule has 102 valence electrons. The maximum Gasteiger partial charge on any atom is 0.132 e. The van der Waals surface area contributed by atoms with Gasteiger partial charge in [0.15, 0.2) is 0 Å². The normalized spacial score (nSPS) is 19.6. The number of pyridine rings is 1. The van der Waals surface area contributed by atoms with Crippen molar-refractivity contribution in [2.24, 2.45) is 5.73 Å². The molecule has 3 rings (SSSR count). The lowest BCUT2D eigenvalue weighted by Crippen LogP contribution is -2.26. The summed E-state index contributed by atoms with van der Waals surface area (Å²) in [6, 6.07) is 7.16. The summed E-state index contributed by atoms with van der Waals surface area (Å²) in [5.74, 6) is -0.208. The third-order valence-electron chi connectivity index (χ3n) is 3.50. The molecule has 1 aromatic heterocycles. The fraction of sp³-hybridized carbons (Fsp3) is 0.357. The van der Waals surface area contributed by atoms with Crippen molar-refractivity contribution in [3.63, 3.8) is 0 Å². The topological polar surface area (TPSA) is 42.1 Å². The highest BCUT2D eigenvalue weighted by molar-refractivity contribution is 5.85. The Kier molecular flexibility index (Phi) is 4.34. The van der Waals surface area contributed by atoms with E-state index in [2.05, 4.69) is 9.88 Å². The lowest BCUT2D eigenvalue weighted by molar-refractivity contribution is 0.328. The Morgan fingerprint density at radius 1 is 1.37 bits per heavy atom. The van der Waals surface area contributed by atoms with E-state index < -0.39 is 0 Å². The summed E-state index contributed by atoms with van der Waals surface area (Å²) in [5.41, 5.74) is 7.73. The molecule has 2 heterocycles. The van der Waals surface area contributed by atoms with E-state index >= 15 is 0 Å². The van der Waals surface area contributed by atoms with Gasteiger partial charge in [0.1, 0.15) is 5.82 Å². The predicted molar refractivity (Wildman–Crippen MR) is 76.8 cm³/mol. The maximum absolute atomic E-state index is 13.7. The first-order valence-corrected chi connectivity index (χ1v) is 6.24. The first-order valence-electron chi connectivity index (χ1n) is 6.24. The first-order chi connectivity index (χ1) is 8.74. The van der Waals surface area contributed by atoms with Gasteiger partial charge < -0.3 is 5.73 Å². The largest absolute Gasteiger partial charge is 0.326 e. The molecule has 19 heavy (non-hydrogen) atoms. The number of halogens is 2. The molecule has 1 fully saturated rings. The lowest BCUT2D eigenvalue weighted by Gasteiger charge is -2.16. The maximum atomic E-state index is 13.7. The SMILES string of the molecule is Cl.N[C@H]1CCN(Cc2ccc(F)c3cccnc23)C1. The number of benzene rings is 1. The van der Waals surface area contributed by atoms with Gasteiger partial charge >= 0.3 is 0 Å². The zero-order chi connectivity index (χ0) is 12.5. The number of rotatable bonds is 2. The summed E-state index contributed by atoms with van der Waals surface area (Å²) >= 11 is 0. The van der Waals surface area contributed by atoms with Gasteiger partial charge in [-0.25, -0.2) is 4.39 Å². The molecule has 0 unspecified atom stereocenters. The fourth-order valence-electron chi connectivity index (χ4n) is 2.57. The van der Waals surface area contributed by atoms with Crippen LogP contribution >= 0.6 is 12.4 Å². The van der Waals surface area contributed by atoms with Crippen LogP contribution in [0.2, 0.25) is 0 Å². The predicted octanol–water partition coefficient (Wildman–Crippen LogP) is 2.33. The van der Waals surface area contributed by atoms with Crippen molar-refractivity contribution < 1.29 is 4.39 Å². The molecule has 1 aliphatic rings. The Morgan fingerprint density at radius 2 is 2.21 bits per heavy atom. The van der Waals surface area contributed by atoms with Gasteiger partial charge in [-0.15, -0.1) is 12.4 Å². The van der Waals surface area contributed by atoms with E-state index in [9.17, 15) is 4.39 Å². The molecule has 0 radical (unpaired) electrons. The van der Waals surface area contributed by atoms with Gasteiger partial charge in [0.2, 0.25) is 0 Å². The lowest BCUT2D eigenvalue weighted by atomic mass is 10.1. The van der Waals surface area contributed by atoms with E-state index in [4.69, 9.17) is 5.73 Å². The standard InChI is InChI=1S/C14H16FN3.ClH/c15-13-4-3-10(8-18-7-5-11(16)9-18)14-12(13)2-1-6-17-14;/h1-4,6,11H,5,7-9,16H2;1H/t11-;/m0./s1. The van der Waals surface area contributed by atoms with Crippen LogP contribution in [-0.2, 0) is 6.54 Å². The molecule has 1 saturated heterocycles. The van der Waals surface area contributed by atoms with Gasteiger partial charge in [-0.2, -0.15) is 0 Å². The molecule has 0 spiro atoms. The average molecular weight is 282 g/mol. The van der Waals surface area contributed by atoms with E-state index in [1.807, 2.05) is 6.07 Å². The number of nitrogens with two attached hydrogens (primary N) is 1. The third-order valence-corrected chi connectivity index (χ3v) is 3.50. The monoisotopic (exact) mass is 281 g/mol. The molecule has 2 N–H and O–H groups in total. The van der Waals surface area contributed by atoms with Crippen LogP contribution in [-0.4, -0.2) is 29.0 Å². The van der Waals surface area contributed by atoms with Gasteiger partial charge in [-0.05, 0) is 30.2 Å². The molecule has 5 heteroatoms. The van der Waals surface area contributed by atoms with E-state index in [0.29, 0.717) is 5.39 Å². The second kappa shape index (κ2) is 5.82. The molecular weight excluding hydrogens is 265 g/mol. The van der Waals surface area contributed by atoms with Crippen molar-refractivity contribution in [2.45, 2.75) is 19.0 Å². The number of nitrogens with zero attached hydrogens (tertiary/aromatic N) is 2. The van der Waals surface area contributed by atoms with Crippen LogP contribution in [0.15, 0.2) is 30.5 Å². The Labute approximate surface area is 118 Å². The van der Waals surface area contributed by atoms with Crippen molar-refractivity contribution in [2.75, 3.05) is 13.1 Å². The van der Waals surface area contributed by atoms with Crippen molar-refractivity contribution in [1.29, 1.82) is 0 Å². The molecule has 0 bridgehead atoms. The van der Waals surface area contributed by atoms with Gasteiger partial charge in [0.25, 0.3) is 0 Å². The van der Waals surface area contributed by atoms with Crippen LogP contribution in [0.3, 0.4) is 0 Å². The minimum Gasteiger partial charge on any atom is -0.326 e. The summed E-state index contributed by atoms with van der Waals surface area (Å²) in [6.07, 6.45) is 2.74. The van der Waals surface area contributed by atoms with Crippen LogP contribution in [0.1, 0.15) is 12.0 Å². The molecule has 1 atom stereocenters. The summed E-state index contributed by atoms with van der Waals surface area (Å²) in [7, 11) is 0. The fourth-order valence-corrected chi connectivity index (χ4v) is 2.57. The highest BCUT2D eigenvalue weighted by atomic mass is 35.5. The van der Waals surface area contributed by atoms with Crippen LogP contribution in [0.5, 0.6) is 0 Å². The van der Waals surface area contributed by atoms with Crippen LogP contribution in [0, 0.1) is 5.82 Å². The van der Waals surface area contributed by atoms with E-state index in [1.165, 1.54) is 6.07 Å². The summed E-state index contributed by atoms with van der Waals surface area (Å²) < 4.78 is 13.7. The molecule has 1 aliphatic heterocycles. The summed E-state index contributed by atoms with van der Waals surface area (Å²) in [4.78, 5) is 6.60. The van der Waals surface area contributed by atoms with Crippen LogP contribution in [0.4, 0.5) is 4.39 Å². The highest BCUT2D eigenvalue weighted by Crippen LogP contribution is 2.22. The first kappa shape index (κ1) is 14.2. The zero-order valence-corrected chi connectivity index (χ0v) is 11.4. The number of aromatic nitrogens is 1. The summed E-state index contributed by atoms with van der Waals surface area (Å²) in [6.45, 7) is 2.71. The Morgan fingerprint density at radius 3 is 2.95 bits per heavy atom. The Balaban J connectivity index is 0.00000133. The third kappa shape index (κ3) is 2.86. The van der Waals surface area contributed by atoms with Gasteiger partial charge in [-0.1, -0.05) is 6.07 Å². The molecule has 1 aromatic carbocycles. The van der Waals surface area contributed by atoms with Crippen molar-refractivity contribution in [3.05, 3.63) is 41.8 Å². The smallest absolute Gasteiger partial charge is 0.132 e. The minimum absolute atomic E-state index is 0. The Bertz CT molecular complexity index is 576. The van der Waals surface area contributed by atoms with Gasteiger partial charge in [0.05, 0.1) is 5.52 Å². The molecule has 0 amide bonds. The van der Waals surface area contributed by atoms with Crippen LogP contribution < -0.4 is 5.73 Å². The van der Waals surface area contributed by atoms with Gasteiger partial charge in [-0.3, -0.25) is 9.88 Å². The van der Waals surface area contributed by atoms with Crippen molar-refractivity contribution >= 4 is 23.3 Å². The second-order valence-corrected chi connectivity index (χ2v) is 4.89. The van der Waals surface area contributed by atoms with Crippen LogP contribution in [0.25, 0.3) is 10.9 Å². The number of fused-ring (bicyclic) bond motifs is 1. The van der Waals surface area contributed by atoms with Gasteiger partial charge in [0, 0.05) is 37.3 Å². The minimum atomic E-state index is -0.208. The number of likely N-dealkylation sites (tertiary alicyclic amines) is 1. The van der Waals surface area contributed by atoms with E-state index in [0.717, 1.165) is 37.1 Å². The number of hydrogen-bond donors (Lipinski definition) is 1. The van der Waals surface area contributed by atoms with E-state index in [1.54, 1.807) is 18.3 Å². The second-order valence-electron chi connectivity index (χ2n) is 4.89. The number of hydrogen-bond acceptors (Lipinski definition) is 3. The quantitative estimate of drug-likeness (QED) is 0.919. The molecule has 2 aromatic rings. The Hall–Kier alpha value is -1.23. The molecule has 3 nitrogen and oxygen atoms in total. The van der Waals surface area contributed by atoms with Crippen molar-refractivity contribution in [3.8, 4) is 0 Å². The van der Waals surface area contributed by atoms with E-state index in [-0.39, 0.29) is 24.3 Å².